The Kier molecular flexibility index (Phi) is 6.54. The van der Waals surface area contributed by atoms with Crippen molar-refractivity contribution in [1.29, 1.82) is 0 Å². The first-order valence-corrected chi connectivity index (χ1v) is 8.33. The maximum absolute atomic E-state index is 12.2. The molecule has 0 spiro atoms. The molecule has 0 saturated carbocycles. The molecule has 0 bridgehead atoms. The lowest BCUT2D eigenvalue weighted by Crippen LogP contribution is -2.26. The van der Waals surface area contributed by atoms with E-state index in [4.69, 9.17) is 0 Å². The van der Waals surface area contributed by atoms with Crippen LogP contribution in [0.4, 0.5) is 5.69 Å². The van der Waals surface area contributed by atoms with Gasteiger partial charge in [-0.1, -0.05) is 37.3 Å². The number of hydrogen-bond acceptors (Lipinski definition) is 3. The topological polar surface area (TPSA) is 76.0 Å². The second-order valence-corrected chi connectivity index (χ2v) is 5.54. The monoisotopic (exact) mass is 328 g/mol. The van der Waals surface area contributed by atoms with Crippen LogP contribution in [0.25, 0.3) is 0 Å². The van der Waals surface area contributed by atoms with Crippen LogP contribution in [-0.2, 0) is 17.8 Å². The summed E-state index contributed by atoms with van der Waals surface area (Å²) in [5, 5.41) is 9.84. The molecule has 2 rings (SSSR count). The summed E-state index contributed by atoms with van der Waals surface area (Å²) >= 11 is 0. The minimum absolute atomic E-state index is 0.126. The first-order valence-electron chi connectivity index (χ1n) is 8.33. The number of nitrogens with zero attached hydrogens (tertiary/aromatic N) is 2. The summed E-state index contributed by atoms with van der Waals surface area (Å²) in [6.45, 7) is 5.13. The average molecular weight is 328 g/mol. The molecule has 0 fully saturated rings. The number of aryl methyl sites for hydroxylation is 2. The normalized spacial score (nSPS) is 10.4. The fraction of sp³-hybridized carbons (Fsp3) is 0.389. The van der Waals surface area contributed by atoms with E-state index in [0.29, 0.717) is 31.6 Å². The Labute approximate surface area is 142 Å². The Morgan fingerprint density at radius 3 is 2.58 bits per heavy atom. The summed E-state index contributed by atoms with van der Waals surface area (Å²) in [4.78, 5) is 24.4. The fourth-order valence-corrected chi connectivity index (χ4v) is 2.28. The molecule has 2 amide bonds. The van der Waals surface area contributed by atoms with Gasteiger partial charge in [-0.25, -0.2) is 0 Å². The molecule has 2 N–H and O–H groups in total. The first kappa shape index (κ1) is 17.7. The zero-order valence-electron chi connectivity index (χ0n) is 14.2. The van der Waals surface area contributed by atoms with Crippen molar-refractivity contribution in [3.8, 4) is 0 Å². The van der Waals surface area contributed by atoms with E-state index in [2.05, 4.69) is 15.7 Å². The van der Waals surface area contributed by atoms with E-state index < -0.39 is 0 Å². The number of amides is 2. The van der Waals surface area contributed by atoms with Crippen molar-refractivity contribution >= 4 is 17.5 Å². The summed E-state index contributed by atoms with van der Waals surface area (Å²) in [6, 6.07) is 9.84. The van der Waals surface area contributed by atoms with Crippen LogP contribution in [0.1, 0.15) is 42.7 Å². The predicted octanol–water partition coefficient (Wildman–Crippen LogP) is 2.61. The van der Waals surface area contributed by atoms with Gasteiger partial charge in [0.1, 0.15) is 0 Å². The molecular weight excluding hydrogens is 304 g/mol. The van der Waals surface area contributed by atoms with Gasteiger partial charge in [-0.3, -0.25) is 14.3 Å². The Balaban J connectivity index is 2.00. The fourth-order valence-electron chi connectivity index (χ4n) is 2.28. The van der Waals surface area contributed by atoms with Crippen molar-refractivity contribution in [2.75, 3.05) is 11.9 Å². The second kappa shape index (κ2) is 8.86. The molecule has 128 valence electrons. The molecule has 1 heterocycles. The van der Waals surface area contributed by atoms with Crippen LogP contribution in [0.5, 0.6) is 0 Å². The number of nitrogens with one attached hydrogen (secondary N) is 2. The number of carbonyl (C=O) groups excluding carboxylic acids is 2. The average Bonchev–Trinajstić information content (AvgIpc) is 3.01. The molecule has 0 aliphatic rings. The van der Waals surface area contributed by atoms with E-state index in [9.17, 15) is 9.59 Å². The Morgan fingerprint density at radius 2 is 1.92 bits per heavy atom. The first-order chi connectivity index (χ1) is 11.6. The van der Waals surface area contributed by atoms with Gasteiger partial charge in [0.25, 0.3) is 5.91 Å². The van der Waals surface area contributed by atoms with Crippen LogP contribution in [-0.4, -0.2) is 28.1 Å². The van der Waals surface area contributed by atoms with Gasteiger partial charge in [-0.2, -0.15) is 5.10 Å². The number of aromatic nitrogens is 2. The van der Waals surface area contributed by atoms with Crippen molar-refractivity contribution in [2.45, 2.75) is 39.7 Å². The molecule has 0 atom stereocenters. The van der Waals surface area contributed by atoms with Gasteiger partial charge in [0.15, 0.2) is 5.69 Å². The van der Waals surface area contributed by atoms with Gasteiger partial charge in [-0.15, -0.1) is 0 Å². The number of rotatable bonds is 8. The third-order valence-corrected chi connectivity index (χ3v) is 3.59. The molecule has 6 nitrogen and oxygen atoms in total. The van der Waals surface area contributed by atoms with E-state index in [-0.39, 0.29) is 17.5 Å². The van der Waals surface area contributed by atoms with Crippen LogP contribution < -0.4 is 10.6 Å². The molecule has 6 heteroatoms. The molecule has 2 aromatic rings. The van der Waals surface area contributed by atoms with Crippen molar-refractivity contribution in [3.63, 3.8) is 0 Å². The number of benzene rings is 1. The largest absolute Gasteiger partial charge is 0.351 e. The molecular formula is C18H24N4O2. The van der Waals surface area contributed by atoms with E-state index in [1.54, 1.807) is 10.9 Å². The molecule has 0 radical (unpaired) electrons. The molecule has 0 aliphatic carbocycles. The number of anilines is 1. The third kappa shape index (κ3) is 4.94. The van der Waals surface area contributed by atoms with Gasteiger partial charge >= 0.3 is 0 Å². The molecule has 0 saturated heterocycles. The van der Waals surface area contributed by atoms with E-state index in [1.807, 2.05) is 44.2 Å². The highest BCUT2D eigenvalue weighted by molar-refractivity contribution is 6.02. The van der Waals surface area contributed by atoms with Crippen molar-refractivity contribution in [1.82, 2.24) is 15.1 Å². The summed E-state index contributed by atoms with van der Waals surface area (Å²) < 4.78 is 1.65. The molecule has 1 aromatic heterocycles. The van der Waals surface area contributed by atoms with Crippen LogP contribution in [0.2, 0.25) is 0 Å². The van der Waals surface area contributed by atoms with E-state index in [0.717, 1.165) is 12.0 Å². The standard InChI is InChI=1S/C18H24N4O2/c1-3-12-19-18(24)17-15(13-22(4-2)21-17)20-16(23)11-10-14-8-6-5-7-9-14/h5-9,13H,3-4,10-12H2,1-2H3,(H,19,24)(H,20,23). The van der Waals surface area contributed by atoms with Crippen molar-refractivity contribution in [2.24, 2.45) is 0 Å². The molecule has 0 aliphatic heterocycles. The Hall–Kier alpha value is -2.63. The van der Waals surface area contributed by atoms with Gasteiger partial charge in [0, 0.05) is 25.7 Å². The highest BCUT2D eigenvalue weighted by atomic mass is 16.2. The quantitative estimate of drug-likeness (QED) is 0.782. The number of hydrogen-bond donors (Lipinski definition) is 2. The maximum Gasteiger partial charge on any atom is 0.273 e. The number of carbonyl (C=O) groups is 2. The summed E-state index contributed by atoms with van der Waals surface area (Å²) in [6.07, 6.45) is 3.56. The van der Waals surface area contributed by atoms with Crippen LogP contribution in [0.3, 0.4) is 0 Å². The van der Waals surface area contributed by atoms with E-state index >= 15 is 0 Å². The smallest absolute Gasteiger partial charge is 0.273 e. The van der Waals surface area contributed by atoms with Crippen molar-refractivity contribution in [3.05, 3.63) is 47.8 Å². The van der Waals surface area contributed by atoms with Gasteiger partial charge in [-0.05, 0) is 25.3 Å². The van der Waals surface area contributed by atoms with Crippen LogP contribution in [0.15, 0.2) is 36.5 Å². The van der Waals surface area contributed by atoms with Gasteiger partial charge < -0.3 is 10.6 Å². The summed E-state index contributed by atoms with van der Waals surface area (Å²) in [5.41, 5.74) is 1.83. The van der Waals surface area contributed by atoms with Crippen LogP contribution in [0, 0.1) is 0 Å². The van der Waals surface area contributed by atoms with Gasteiger partial charge in [0.2, 0.25) is 5.91 Å². The molecule has 0 unspecified atom stereocenters. The third-order valence-electron chi connectivity index (χ3n) is 3.59. The zero-order valence-corrected chi connectivity index (χ0v) is 14.2. The highest BCUT2D eigenvalue weighted by Gasteiger charge is 2.18. The molecule has 1 aromatic carbocycles. The highest BCUT2D eigenvalue weighted by Crippen LogP contribution is 2.15. The summed E-state index contributed by atoms with van der Waals surface area (Å²) in [5.74, 6) is -0.388. The Bertz CT molecular complexity index is 680. The minimum atomic E-state index is -0.262. The Morgan fingerprint density at radius 1 is 1.17 bits per heavy atom. The predicted molar refractivity (Wildman–Crippen MR) is 93.9 cm³/mol. The van der Waals surface area contributed by atoms with Gasteiger partial charge in [0.05, 0.1) is 5.69 Å². The van der Waals surface area contributed by atoms with Crippen molar-refractivity contribution < 1.29 is 9.59 Å². The SMILES string of the molecule is CCCNC(=O)c1nn(CC)cc1NC(=O)CCc1ccccc1. The zero-order chi connectivity index (χ0) is 17.4. The van der Waals surface area contributed by atoms with E-state index in [1.165, 1.54) is 0 Å². The summed E-state index contributed by atoms with van der Waals surface area (Å²) in [7, 11) is 0. The molecule has 24 heavy (non-hydrogen) atoms. The maximum atomic E-state index is 12.2. The lowest BCUT2D eigenvalue weighted by atomic mass is 10.1. The lowest BCUT2D eigenvalue weighted by Gasteiger charge is -2.06. The lowest BCUT2D eigenvalue weighted by molar-refractivity contribution is -0.116. The second-order valence-electron chi connectivity index (χ2n) is 5.54. The van der Waals surface area contributed by atoms with Crippen LogP contribution >= 0.6 is 0 Å². The minimum Gasteiger partial charge on any atom is -0.351 e.